The molecule has 150 valence electrons. The molecule has 1 heterocycles. The molecule has 3 aromatic rings. The number of benzene rings is 2. The first-order valence-electron chi connectivity index (χ1n) is 9.35. The van der Waals surface area contributed by atoms with Crippen LogP contribution in [0.4, 0.5) is 11.4 Å². The van der Waals surface area contributed by atoms with Crippen LogP contribution in [0.1, 0.15) is 22.8 Å². The molecular formula is C22H24N4O2S. The fraction of sp³-hybridized carbons (Fsp3) is 0.182. The number of hydrogen-bond acceptors (Lipinski definition) is 5. The van der Waals surface area contributed by atoms with Crippen LogP contribution in [0.3, 0.4) is 0 Å². The van der Waals surface area contributed by atoms with E-state index in [0.717, 1.165) is 16.0 Å². The highest BCUT2D eigenvalue weighted by molar-refractivity contribution is 7.13. The Kier molecular flexibility index (Phi) is 6.64. The van der Waals surface area contributed by atoms with Crippen molar-refractivity contribution in [3.05, 3.63) is 71.1 Å². The number of nitrogen functional groups attached to an aromatic ring is 1. The van der Waals surface area contributed by atoms with E-state index in [4.69, 9.17) is 11.5 Å². The zero-order valence-electron chi connectivity index (χ0n) is 16.1. The van der Waals surface area contributed by atoms with Gasteiger partial charge in [-0.3, -0.25) is 9.59 Å². The third-order valence-corrected chi connectivity index (χ3v) is 5.39. The number of nitrogens with two attached hydrogens (primary N) is 2. The van der Waals surface area contributed by atoms with Gasteiger partial charge in [-0.25, -0.2) is 0 Å². The summed E-state index contributed by atoms with van der Waals surface area (Å²) in [6.07, 6.45) is 0.406. The number of thiophene rings is 1. The van der Waals surface area contributed by atoms with E-state index < -0.39 is 6.04 Å². The lowest BCUT2D eigenvalue weighted by molar-refractivity contribution is -0.122. The highest BCUT2D eigenvalue weighted by Crippen LogP contribution is 2.30. The zero-order chi connectivity index (χ0) is 20.8. The lowest BCUT2D eigenvalue weighted by Gasteiger charge is -2.12. The van der Waals surface area contributed by atoms with Crippen LogP contribution in [-0.2, 0) is 11.2 Å². The molecule has 1 atom stereocenters. The predicted octanol–water partition coefficient (Wildman–Crippen LogP) is 3.26. The van der Waals surface area contributed by atoms with Gasteiger partial charge in [-0.05, 0) is 60.2 Å². The van der Waals surface area contributed by atoms with Gasteiger partial charge >= 0.3 is 0 Å². The van der Waals surface area contributed by atoms with Crippen LogP contribution in [-0.4, -0.2) is 24.4 Å². The van der Waals surface area contributed by atoms with Crippen LogP contribution in [0.15, 0.2) is 60.0 Å². The molecule has 0 aliphatic heterocycles. The minimum Gasteiger partial charge on any atom is -0.397 e. The van der Waals surface area contributed by atoms with E-state index in [1.807, 2.05) is 36.6 Å². The summed E-state index contributed by atoms with van der Waals surface area (Å²) in [5.41, 5.74) is 15.4. The molecule has 0 saturated carbocycles. The SMILES string of the molecule is CCNC(=O)C(N)Cc1ccc(C(=O)Nc2cc(-c3cccs3)ccc2N)cc1. The Labute approximate surface area is 173 Å². The van der Waals surface area contributed by atoms with Gasteiger partial charge in [0.05, 0.1) is 17.4 Å². The van der Waals surface area contributed by atoms with Crippen molar-refractivity contribution in [2.75, 3.05) is 17.6 Å². The number of rotatable bonds is 7. The fourth-order valence-corrected chi connectivity index (χ4v) is 3.62. The number of likely N-dealkylation sites (N-methyl/N-ethyl adjacent to an activating group) is 1. The van der Waals surface area contributed by atoms with Crippen molar-refractivity contribution in [1.29, 1.82) is 0 Å². The Hall–Kier alpha value is -3.16. The van der Waals surface area contributed by atoms with E-state index in [9.17, 15) is 9.59 Å². The molecule has 0 spiro atoms. The average Bonchev–Trinajstić information content (AvgIpc) is 3.25. The number of nitrogens with one attached hydrogen (secondary N) is 2. The number of amides is 2. The van der Waals surface area contributed by atoms with Crippen LogP contribution in [0.2, 0.25) is 0 Å². The maximum Gasteiger partial charge on any atom is 0.255 e. The second-order valence-electron chi connectivity index (χ2n) is 6.64. The molecule has 6 nitrogen and oxygen atoms in total. The smallest absolute Gasteiger partial charge is 0.255 e. The van der Waals surface area contributed by atoms with Gasteiger partial charge in [0.1, 0.15) is 0 Å². The molecule has 0 radical (unpaired) electrons. The topological polar surface area (TPSA) is 110 Å². The van der Waals surface area contributed by atoms with Gasteiger partial charge in [-0.1, -0.05) is 24.3 Å². The van der Waals surface area contributed by atoms with Gasteiger partial charge in [-0.2, -0.15) is 0 Å². The Bertz CT molecular complexity index is 985. The molecule has 1 unspecified atom stereocenters. The van der Waals surface area contributed by atoms with E-state index in [2.05, 4.69) is 10.6 Å². The number of hydrogen-bond donors (Lipinski definition) is 4. The van der Waals surface area contributed by atoms with E-state index in [0.29, 0.717) is 29.9 Å². The van der Waals surface area contributed by atoms with Crippen LogP contribution >= 0.6 is 11.3 Å². The minimum absolute atomic E-state index is 0.185. The monoisotopic (exact) mass is 408 g/mol. The van der Waals surface area contributed by atoms with Crippen molar-refractivity contribution < 1.29 is 9.59 Å². The predicted molar refractivity (Wildman–Crippen MR) is 119 cm³/mol. The van der Waals surface area contributed by atoms with Crippen molar-refractivity contribution in [2.45, 2.75) is 19.4 Å². The molecule has 6 N–H and O–H groups in total. The number of carbonyl (C=O) groups is 2. The summed E-state index contributed by atoms with van der Waals surface area (Å²) in [5, 5.41) is 7.58. The lowest BCUT2D eigenvalue weighted by atomic mass is 10.0. The third kappa shape index (κ3) is 5.22. The molecule has 0 saturated heterocycles. The van der Waals surface area contributed by atoms with Crippen molar-refractivity contribution in [3.8, 4) is 10.4 Å². The summed E-state index contributed by atoms with van der Waals surface area (Å²) >= 11 is 1.62. The standard InChI is InChI=1S/C22H24N4O2S/c1-2-25-22(28)18(24)12-14-5-7-15(8-6-14)21(27)26-19-13-16(9-10-17(19)23)20-4-3-11-29-20/h3-11,13,18H,2,12,23-24H2,1H3,(H,25,28)(H,26,27). The number of anilines is 2. The van der Waals surface area contributed by atoms with Gasteiger partial charge in [0.2, 0.25) is 5.91 Å². The quantitative estimate of drug-likeness (QED) is 0.450. The molecule has 29 heavy (non-hydrogen) atoms. The first-order valence-corrected chi connectivity index (χ1v) is 10.2. The molecule has 1 aromatic heterocycles. The molecule has 0 aliphatic rings. The van der Waals surface area contributed by atoms with E-state index in [-0.39, 0.29) is 11.8 Å². The maximum absolute atomic E-state index is 12.6. The minimum atomic E-state index is -0.616. The zero-order valence-corrected chi connectivity index (χ0v) is 17.0. The van der Waals surface area contributed by atoms with Crippen molar-refractivity contribution in [1.82, 2.24) is 5.32 Å². The maximum atomic E-state index is 12.6. The largest absolute Gasteiger partial charge is 0.397 e. The van der Waals surface area contributed by atoms with Crippen LogP contribution in [0, 0.1) is 0 Å². The van der Waals surface area contributed by atoms with Crippen molar-refractivity contribution >= 4 is 34.5 Å². The van der Waals surface area contributed by atoms with Gasteiger partial charge in [-0.15, -0.1) is 11.3 Å². The first-order chi connectivity index (χ1) is 14.0. The Balaban J connectivity index is 1.68. The van der Waals surface area contributed by atoms with E-state index in [1.54, 1.807) is 41.7 Å². The fourth-order valence-electron chi connectivity index (χ4n) is 2.90. The Morgan fingerprint density at radius 2 is 1.86 bits per heavy atom. The summed E-state index contributed by atoms with van der Waals surface area (Å²) in [6.45, 7) is 2.39. The van der Waals surface area contributed by atoms with Gasteiger partial charge < -0.3 is 22.1 Å². The van der Waals surface area contributed by atoms with Crippen LogP contribution in [0.5, 0.6) is 0 Å². The molecule has 2 amide bonds. The Morgan fingerprint density at radius 3 is 2.52 bits per heavy atom. The molecular weight excluding hydrogens is 384 g/mol. The van der Waals surface area contributed by atoms with Gasteiger partial charge in [0.15, 0.2) is 0 Å². The second kappa shape index (κ2) is 9.36. The van der Waals surface area contributed by atoms with Crippen molar-refractivity contribution in [2.24, 2.45) is 5.73 Å². The van der Waals surface area contributed by atoms with E-state index in [1.165, 1.54) is 0 Å². The van der Waals surface area contributed by atoms with Crippen molar-refractivity contribution in [3.63, 3.8) is 0 Å². The average molecular weight is 409 g/mol. The normalized spacial score (nSPS) is 11.7. The van der Waals surface area contributed by atoms with Gasteiger partial charge in [0.25, 0.3) is 5.91 Å². The molecule has 3 rings (SSSR count). The summed E-state index contributed by atoms with van der Waals surface area (Å²) < 4.78 is 0. The van der Waals surface area contributed by atoms with Crippen LogP contribution in [0.25, 0.3) is 10.4 Å². The molecule has 0 aliphatic carbocycles. The summed E-state index contributed by atoms with van der Waals surface area (Å²) in [6, 6.07) is 16.0. The summed E-state index contributed by atoms with van der Waals surface area (Å²) in [5.74, 6) is -0.435. The lowest BCUT2D eigenvalue weighted by Crippen LogP contribution is -2.41. The molecule has 7 heteroatoms. The number of carbonyl (C=O) groups excluding carboxylic acids is 2. The summed E-state index contributed by atoms with van der Waals surface area (Å²) in [7, 11) is 0. The molecule has 2 aromatic carbocycles. The summed E-state index contributed by atoms with van der Waals surface area (Å²) in [4.78, 5) is 25.5. The Morgan fingerprint density at radius 1 is 1.10 bits per heavy atom. The molecule has 0 fully saturated rings. The third-order valence-electron chi connectivity index (χ3n) is 4.47. The highest BCUT2D eigenvalue weighted by atomic mass is 32.1. The second-order valence-corrected chi connectivity index (χ2v) is 7.58. The van der Waals surface area contributed by atoms with Crippen LogP contribution < -0.4 is 22.1 Å². The van der Waals surface area contributed by atoms with Gasteiger partial charge in [0, 0.05) is 17.0 Å². The first kappa shape index (κ1) is 20.6. The highest BCUT2D eigenvalue weighted by Gasteiger charge is 2.14. The van der Waals surface area contributed by atoms with E-state index >= 15 is 0 Å². The molecule has 0 bridgehead atoms.